The average Bonchev–Trinajstić information content (AvgIpc) is 3.53. The van der Waals surface area contributed by atoms with E-state index < -0.39 is 5.97 Å². The number of carboxylic acids is 1. The van der Waals surface area contributed by atoms with Crippen molar-refractivity contribution in [2.24, 2.45) is 11.8 Å². The zero-order valence-electron chi connectivity index (χ0n) is 19.3. The Morgan fingerprint density at radius 3 is 2.00 bits per heavy atom. The Kier molecular flexibility index (Phi) is 5.98. The van der Waals surface area contributed by atoms with Gasteiger partial charge in [-0.3, -0.25) is 9.80 Å². The monoisotopic (exact) mass is 485 g/mol. The summed E-state index contributed by atoms with van der Waals surface area (Å²) in [6.45, 7) is 6.33. The second-order valence-electron chi connectivity index (χ2n) is 9.60. The molecule has 2 atom stereocenters. The molecule has 0 saturated carbocycles. The van der Waals surface area contributed by atoms with Crippen LogP contribution in [0.5, 0.6) is 10.9 Å². The number of thiazole rings is 1. The van der Waals surface area contributed by atoms with Crippen molar-refractivity contribution in [1.82, 2.24) is 14.8 Å². The number of carbonyl (C=O) groups is 1. The maximum atomic E-state index is 11.0. The molecule has 2 unspecified atom stereocenters. The molecule has 1 N–H and O–H groups in total. The van der Waals surface area contributed by atoms with Gasteiger partial charge in [-0.05, 0) is 59.4 Å². The number of carboxylic acid groups (broad SMARTS) is 1. The van der Waals surface area contributed by atoms with E-state index >= 15 is 0 Å². The molecule has 1 aromatic heterocycles. The van der Waals surface area contributed by atoms with Crippen molar-refractivity contribution >= 4 is 27.5 Å². The molecular weight excluding hydrogens is 458 g/mol. The van der Waals surface area contributed by atoms with Gasteiger partial charge in [0.1, 0.15) is 5.75 Å². The van der Waals surface area contributed by atoms with Crippen LogP contribution < -0.4 is 4.74 Å². The van der Waals surface area contributed by atoms with E-state index in [4.69, 9.17) is 9.84 Å². The first-order chi connectivity index (χ1) is 17.1. The zero-order valence-corrected chi connectivity index (χ0v) is 20.2. The van der Waals surface area contributed by atoms with Crippen molar-refractivity contribution < 1.29 is 14.6 Å². The third kappa shape index (κ3) is 4.93. The summed E-state index contributed by atoms with van der Waals surface area (Å²) >= 11 is 1.56. The average molecular weight is 486 g/mol. The van der Waals surface area contributed by atoms with Crippen molar-refractivity contribution in [3.8, 4) is 10.9 Å². The molecule has 0 radical (unpaired) electrons. The Hall–Kier alpha value is -3.26. The van der Waals surface area contributed by atoms with Gasteiger partial charge in [0.05, 0.1) is 15.8 Å². The van der Waals surface area contributed by atoms with Gasteiger partial charge in [-0.1, -0.05) is 47.7 Å². The summed E-state index contributed by atoms with van der Waals surface area (Å²) in [6.07, 6.45) is 0. The van der Waals surface area contributed by atoms with E-state index in [0.717, 1.165) is 55.2 Å². The Morgan fingerprint density at radius 2 is 1.43 bits per heavy atom. The molecule has 4 aromatic rings. The lowest BCUT2D eigenvalue weighted by Gasteiger charge is -2.21. The number of benzene rings is 3. The number of rotatable bonds is 7. The number of nitrogens with zero attached hydrogens (tertiary/aromatic N) is 3. The summed E-state index contributed by atoms with van der Waals surface area (Å²) in [5.74, 6) is 1.35. The highest BCUT2D eigenvalue weighted by molar-refractivity contribution is 7.20. The maximum Gasteiger partial charge on any atom is 0.335 e. The lowest BCUT2D eigenvalue weighted by atomic mass is 10.0. The topological polar surface area (TPSA) is 65.9 Å². The first-order valence-electron chi connectivity index (χ1n) is 12.0. The van der Waals surface area contributed by atoms with Crippen LogP contribution in [0.3, 0.4) is 0 Å². The number of ether oxygens (including phenoxy) is 1. The molecule has 2 fully saturated rings. The second-order valence-corrected chi connectivity index (χ2v) is 10.6. The van der Waals surface area contributed by atoms with Crippen LogP contribution in [0, 0.1) is 11.8 Å². The summed E-state index contributed by atoms with van der Waals surface area (Å²) < 4.78 is 7.12. The van der Waals surface area contributed by atoms with Crippen LogP contribution in [0.1, 0.15) is 21.5 Å². The summed E-state index contributed by atoms with van der Waals surface area (Å²) in [5, 5.41) is 9.75. The summed E-state index contributed by atoms with van der Waals surface area (Å²) in [4.78, 5) is 20.7. The Labute approximate surface area is 208 Å². The minimum atomic E-state index is -0.872. The number of hydrogen-bond acceptors (Lipinski definition) is 6. The van der Waals surface area contributed by atoms with E-state index in [0.29, 0.717) is 22.6 Å². The smallest absolute Gasteiger partial charge is 0.335 e. The molecule has 3 heterocycles. The summed E-state index contributed by atoms with van der Waals surface area (Å²) in [5.41, 5.74) is 3.80. The van der Waals surface area contributed by atoms with Gasteiger partial charge >= 0.3 is 5.97 Å². The second kappa shape index (κ2) is 9.41. The number of likely N-dealkylation sites (tertiary alicyclic amines) is 2. The minimum absolute atomic E-state index is 0.346. The van der Waals surface area contributed by atoms with Gasteiger partial charge in [0.2, 0.25) is 0 Å². The molecule has 2 aliphatic rings. The van der Waals surface area contributed by atoms with Crippen LogP contribution in [0.2, 0.25) is 0 Å². The van der Waals surface area contributed by atoms with Crippen molar-refractivity contribution in [2.75, 3.05) is 26.2 Å². The molecule has 0 spiro atoms. The molecule has 6 rings (SSSR count). The third-order valence-electron chi connectivity index (χ3n) is 7.05. The van der Waals surface area contributed by atoms with Crippen molar-refractivity contribution in [2.45, 2.75) is 13.1 Å². The number of aromatic nitrogens is 1. The molecule has 3 aromatic carbocycles. The number of para-hydroxylation sites is 1. The number of fused-ring (bicyclic) bond motifs is 2. The fourth-order valence-corrected chi connectivity index (χ4v) is 6.21. The molecule has 2 aliphatic heterocycles. The molecule has 0 aliphatic carbocycles. The third-order valence-corrected chi connectivity index (χ3v) is 7.97. The van der Waals surface area contributed by atoms with Crippen molar-refractivity contribution in [3.63, 3.8) is 0 Å². The van der Waals surface area contributed by atoms with Gasteiger partial charge in [-0.2, -0.15) is 0 Å². The lowest BCUT2D eigenvalue weighted by molar-refractivity contribution is 0.0697. The van der Waals surface area contributed by atoms with Crippen LogP contribution in [-0.4, -0.2) is 52.0 Å². The van der Waals surface area contributed by atoms with Crippen LogP contribution in [0.15, 0.2) is 72.8 Å². The molecule has 0 bridgehead atoms. The fourth-order valence-electron chi connectivity index (χ4n) is 5.37. The van der Waals surface area contributed by atoms with E-state index in [1.54, 1.807) is 23.5 Å². The van der Waals surface area contributed by atoms with E-state index in [1.165, 1.54) is 11.1 Å². The van der Waals surface area contributed by atoms with E-state index in [9.17, 15) is 4.79 Å². The van der Waals surface area contributed by atoms with Gasteiger partial charge in [0.15, 0.2) is 0 Å². The Balaban J connectivity index is 0.998. The lowest BCUT2D eigenvalue weighted by Crippen LogP contribution is -2.28. The number of hydrogen-bond donors (Lipinski definition) is 1. The van der Waals surface area contributed by atoms with Crippen molar-refractivity contribution in [1.29, 1.82) is 0 Å². The molecule has 2 saturated heterocycles. The molecular formula is C28H27N3O3S. The van der Waals surface area contributed by atoms with E-state index in [-0.39, 0.29) is 0 Å². The molecule has 6 nitrogen and oxygen atoms in total. The maximum absolute atomic E-state index is 11.0. The quantitative estimate of drug-likeness (QED) is 0.381. The van der Waals surface area contributed by atoms with Crippen LogP contribution in [0.25, 0.3) is 10.2 Å². The highest BCUT2D eigenvalue weighted by Crippen LogP contribution is 2.34. The van der Waals surface area contributed by atoms with E-state index in [1.807, 2.05) is 42.5 Å². The zero-order chi connectivity index (χ0) is 23.8. The highest BCUT2D eigenvalue weighted by atomic mass is 32.1. The molecule has 178 valence electrons. The Bertz CT molecular complexity index is 1290. The number of aromatic carboxylic acids is 1. The first-order valence-corrected chi connectivity index (χ1v) is 12.8. The van der Waals surface area contributed by atoms with Gasteiger partial charge < -0.3 is 9.84 Å². The summed E-state index contributed by atoms with van der Waals surface area (Å²) in [6, 6.07) is 23.7. The van der Waals surface area contributed by atoms with Gasteiger partial charge in [0, 0.05) is 39.3 Å². The van der Waals surface area contributed by atoms with Crippen LogP contribution in [0.4, 0.5) is 0 Å². The standard InChI is InChI=1S/C28H27N3O3S/c32-27(33)21-9-5-19(6-10-21)13-30-15-22-17-31(18-23(22)16-30)14-20-7-11-24(12-8-20)34-28-29-25-3-1-2-4-26(25)35-28/h1-12,22-23H,13-18H2,(H,32,33). The molecule has 35 heavy (non-hydrogen) atoms. The summed E-state index contributed by atoms with van der Waals surface area (Å²) in [7, 11) is 0. The minimum Gasteiger partial charge on any atom is -0.478 e. The largest absolute Gasteiger partial charge is 0.478 e. The van der Waals surface area contributed by atoms with E-state index in [2.05, 4.69) is 33.0 Å². The molecule has 0 amide bonds. The molecule has 7 heteroatoms. The Morgan fingerprint density at radius 1 is 0.857 bits per heavy atom. The predicted molar refractivity (Wildman–Crippen MR) is 137 cm³/mol. The fraction of sp³-hybridized carbons (Fsp3) is 0.286. The van der Waals surface area contributed by atoms with Crippen LogP contribution >= 0.6 is 11.3 Å². The van der Waals surface area contributed by atoms with Gasteiger partial charge in [-0.15, -0.1) is 0 Å². The highest BCUT2D eigenvalue weighted by Gasteiger charge is 2.39. The first kappa shape index (κ1) is 22.2. The predicted octanol–water partition coefficient (Wildman–Crippen LogP) is 5.35. The van der Waals surface area contributed by atoms with Gasteiger partial charge in [-0.25, -0.2) is 9.78 Å². The van der Waals surface area contributed by atoms with Crippen molar-refractivity contribution in [3.05, 3.63) is 89.5 Å². The van der Waals surface area contributed by atoms with Gasteiger partial charge in [0.25, 0.3) is 5.19 Å². The van der Waals surface area contributed by atoms with Crippen LogP contribution in [-0.2, 0) is 13.1 Å². The SMILES string of the molecule is O=C(O)c1ccc(CN2CC3CN(Cc4ccc(Oc5nc6ccccc6s5)cc4)CC3C2)cc1. The normalized spacial score (nSPS) is 20.3.